The van der Waals surface area contributed by atoms with Crippen molar-refractivity contribution in [1.82, 2.24) is 10.2 Å². The van der Waals surface area contributed by atoms with Crippen LogP contribution in [-0.2, 0) is 0 Å². The van der Waals surface area contributed by atoms with Crippen LogP contribution in [0.2, 0.25) is 0 Å². The molecule has 0 radical (unpaired) electrons. The van der Waals surface area contributed by atoms with Gasteiger partial charge in [-0.1, -0.05) is 34.1 Å². The maximum absolute atomic E-state index is 3.78. The summed E-state index contributed by atoms with van der Waals surface area (Å²) in [7, 11) is 0. The maximum atomic E-state index is 3.78. The highest BCUT2D eigenvalue weighted by Gasteiger charge is 2.44. The summed E-state index contributed by atoms with van der Waals surface area (Å²) in [6.45, 7) is 13.2. The molecule has 2 atom stereocenters. The molecule has 112 valence electrons. The molecular formula is C17H34N2. The zero-order valence-corrected chi connectivity index (χ0v) is 13.5. The third kappa shape index (κ3) is 4.19. The van der Waals surface area contributed by atoms with Crippen molar-refractivity contribution < 1.29 is 0 Å². The minimum Gasteiger partial charge on any atom is -0.311 e. The van der Waals surface area contributed by atoms with Crippen molar-refractivity contribution in [3.8, 4) is 0 Å². The molecule has 1 aliphatic carbocycles. The van der Waals surface area contributed by atoms with Crippen molar-refractivity contribution in [2.24, 2.45) is 11.3 Å². The number of nitrogens with one attached hydrogen (secondary N) is 1. The van der Waals surface area contributed by atoms with Crippen LogP contribution in [0.3, 0.4) is 0 Å². The molecule has 0 spiro atoms. The monoisotopic (exact) mass is 266 g/mol. The summed E-state index contributed by atoms with van der Waals surface area (Å²) < 4.78 is 0. The molecule has 2 unspecified atom stereocenters. The summed E-state index contributed by atoms with van der Waals surface area (Å²) in [5, 5.41) is 3.78. The molecule has 2 rings (SSSR count). The second-order valence-electron chi connectivity index (χ2n) is 7.48. The van der Waals surface area contributed by atoms with E-state index in [-0.39, 0.29) is 0 Å². The van der Waals surface area contributed by atoms with E-state index < -0.39 is 0 Å². The number of rotatable bonds is 7. The van der Waals surface area contributed by atoms with Gasteiger partial charge in [0.1, 0.15) is 0 Å². The average molecular weight is 266 g/mol. The summed E-state index contributed by atoms with van der Waals surface area (Å²) in [6, 6.07) is 1.50. The first-order chi connectivity index (χ1) is 9.08. The Morgan fingerprint density at radius 3 is 2.53 bits per heavy atom. The predicted octanol–water partition coefficient (Wildman–Crippen LogP) is 3.67. The fourth-order valence-corrected chi connectivity index (χ4v) is 3.88. The Labute approximate surface area is 120 Å². The summed E-state index contributed by atoms with van der Waals surface area (Å²) >= 11 is 0. The first-order valence-electron chi connectivity index (χ1n) is 8.56. The normalized spacial score (nSPS) is 30.8. The summed E-state index contributed by atoms with van der Waals surface area (Å²) in [4.78, 5) is 2.83. The third-order valence-electron chi connectivity index (χ3n) is 5.12. The molecule has 2 nitrogen and oxygen atoms in total. The lowest BCUT2D eigenvalue weighted by Gasteiger charge is -2.42. The van der Waals surface area contributed by atoms with Gasteiger partial charge < -0.3 is 5.32 Å². The molecule has 0 bridgehead atoms. The standard InChI is InChI=1S/C17H34N2/c1-5-7-17(8-9-17)13-19-12-15(10-14(3)4)18-11-16(19)6-2/h14-16,18H,5-13H2,1-4H3. The predicted molar refractivity (Wildman–Crippen MR) is 83.5 cm³/mol. The van der Waals surface area contributed by atoms with Gasteiger partial charge in [-0.15, -0.1) is 0 Å². The molecular weight excluding hydrogens is 232 g/mol. The van der Waals surface area contributed by atoms with E-state index in [0.717, 1.165) is 18.0 Å². The molecule has 1 aliphatic heterocycles. The largest absolute Gasteiger partial charge is 0.311 e. The lowest BCUT2D eigenvalue weighted by molar-refractivity contribution is 0.0920. The van der Waals surface area contributed by atoms with E-state index in [0.29, 0.717) is 5.41 Å². The molecule has 1 heterocycles. The number of hydrogen-bond donors (Lipinski definition) is 1. The van der Waals surface area contributed by atoms with Crippen LogP contribution in [-0.4, -0.2) is 36.6 Å². The Morgan fingerprint density at radius 2 is 2.00 bits per heavy atom. The van der Waals surface area contributed by atoms with Crippen LogP contribution >= 0.6 is 0 Å². The van der Waals surface area contributed by atoms with Crippen molar-refractivity contribution in [3.05, 3.63) is 0 Å². The van der Waals surface area contributed by atoms with Gasteiger partial charge in [0.15, 0.2) is 0 Å². The number of hydrogen-bond acceptors (Lipinski definition) is 2. The number of nitrogens with zero attached hydrogens (tertiary/aromatic N) is 1. The molecule has 2 fully saturated rings. The molecule has 2 aliphatic rings. The van der Waals surface area contributed by atoms with Crippen molar-refractivity contribution in [3.63, 3.8) is 0 Å². The van der Waals surface area contributed by atoms with Gasteiger partial charge in [-0.2, -0.15) is 0 Å². The van der Waals surface area contributed by atoms with E-state index in [1.165, 1.54) is 58.2 Å². The van der Waals surface area contributed by atoms with Crippen molar-refractivity contribution in [1.29, 1.82) is 0 Å². The quantitative estimate of drug-likeness (QED) is 0.756. The van der Waals surface area contributed by atoms with Gasteiger partial charge in [0, 0.05) is 31.7 Å². The van der Waals surface area contributed by atoms with Gasteiger partial charge in [-0.3, -0.25) is 4.90 Å². The SMILES string of the molecule is CCCC1(CN2CC(CC(C)C)NCC2CC)CC1. The van der Waals surface area contributed by atoms with Crippen LogP contribution in [0.4, 0.5) is 0 Å². The van der Waals surface area contributed by atoms with Crippen molar-refractivity contribution in [2.45, 2.75) is 78.3 Å². The van der Waals surface area contributed by atoms with Crippen LogP contribution in [0.25, 0.3) is 0 Å². The zero-order chi connectivity index (χ0) is 13.9. The van der Waals surface area contributed by atoms with E-state index in [1.54, 1.807) is 0 Å². The van der Waals surface area contributed by atoms with E-state index in [1.807, 2.05) is 0 Å². The molecule has 0 aromatic rings. The van der Waals surface area contributed by atoms with E-state index >= 15 is 0 Å². The van der Waals surface area contributed by atoms with Gasteiger partial charge in [-0.25, -0.2) is 0 Å². The highest BCUT2D eigenvalue weighted by molar-refractivity contribution is 4.98. The van der Waals surface area contributed by atoms with E-state index in [9.17, 15) is 0 Å². The molecule has 0 aromatic carbocycles. The van der Waals surface area contributed by atoms with Crippen molar-refractivity contribution >= 4 is 0 Å². The fraction of sp³-hybridized carbons (Fsp3) is 1.00. The van der Waals surface area contributed by atoms with Crippen LogP contribution in [0, 0.1) is 11.3 Å². The maximum Gasteiger partial charge on any atom is 0.0219 e. The van der Waals surface area contributed by atoms with Gasteiger partial charge >= 0.3 is 0 Å². The van der Waals surface area contributed by atoms with Crippen LogP contribution in [0.5, 0.6) is 0 Å². The fourth-order valence-electron chi connectivity index (χ4n) is 3.88. The smallest absolute Gasteiger partial charge is 0.0219 e. The topological polar surface area (TPSA) is 15.3 Å². The molecule has 1 N–H and O–H groups in total. The summed E-state index contributed by atoms with van der Waals surface area (Å²) in [5.74, 6) is 0.808. The average Bonchev–Trinajstić information content (AvgIpc) is 3.09. The van der Waals surface area contributed by atoms with Crippen molar-refractivity contribution in [2.75, 3.05) is 19.6 Å². The molecule has 19 heavy (non-hydrogen) atoms. The second kappa shape index (κ2) is 6.58. The highest BCUT2D eigenvalue weighted by Crippen LogP contribution is 2.50. The van der Waals surface area contributed by atoms with Crippen LogP contribution in [0.1, 0.15) is 66.2 Å². The summed E-state index contributed by atoms with van der Waals surface area (Å²) in [5.41, 5.74) is 0.710. The molecule has 1 saturated carbocycles. The first-order valence-corrected chi connectivity index (χ1v) is 8.56. The Kier molecular flexibility index (Phi) is 5.30. The Bertz CT molecular complexity index is 270. The third-order valence-corrected chi connectivity index (χ3v) is 5.12. The minimum atomic E-state index is 0.710. The molecule has 0 amide bonds. The van der Waals surface area contributed by atoms with E-state index in [2.05, 4.69) is 37.9 Å². The lowest BCUT2D eigenvalue weighted by atomic mass is 9.95. The second-order valence-corrected chi connectivity index (χ2v) is 7.48. The first kappa shape index (κ1) is 15.3. The Balaban J connectivity index is 1.90. The molecule has 1 saturated heterocycles. The zero-order valence-electron chi connectivity index (χ0n) is 13.5. The Hall–Kier alpha value is -0.0800. The van der Waals surface area contributed by atoms with Gasteiger partial charge in [0.05, 0.1) is 0 Å². The number of piperazine rings is 1. The minimum absolute atomic E-state index is 0.710. The van der Waals surface area contributed by atoms with Crippen LogP contribution in [0.15, 0.2) is 0 Å². The highest BCUT2D eigenvalue weighted by atomic mass is 15.2. The van der Waals surface area contributed by atoms with E-state index in [4.69, 9.17) is 0 Å². The Morgan fingerprint density at radius 1 is 1.26 bits per heavy atom. The molecule has 2 heteroatoms. The van der Waals surface area contributed by atoms with Gasteiger partial charge in [0.25, 0.3) is 0 Å². The van der Waals surface area contributed by atoms with Gasteiger partial charge in [-0.05, 0) is 43.4 Å². The van der Waals surface area contributed by atoms with Gasteiger partial charge in [0.2, 0.25) is 0 Å². The molecule has 0 aromatic heterocycles. The summed E-state index contributed by atoms with van der Waals surface area (Å²) in [6.07, 6.45) is 8.39. The van der Waals surface area contributed by atoms with Crippen LogP contribution < -0.4 is 5.32 Å². The lowest BCUT2D eigenvalue weighted by Crippen LogP contribution is -2.57.